The number of nitrogens with zero attached hydrogens (tertiary/aromatic N) is 2. The average molecular weight is 426 g/mol. The van der Waals surface area contributed by atoms with Crippen LogP contribution in [0.25, 0.3) is 5.69 Å². The SMILES string of the molecule is CO/N=C(\c1ccc(=O)n(-c2c(Cl)cccc2Cl)c1)c1ccc(F)cc1Cl. The van der Waals surface area contributed by atoms with Crippen molar-refractivity contribution in [2.45, 2.75) is 0 Å². The Morgan fingerprint density at radius 1 is 1.04 bits per heavy atom. The highest BCUT2D eigenvalue weighted by Crippen LogP contribution is 2.28. The van der Waals surface area contributed by atoms with Gasteiger partial charge in [0.1, 0.15) is 18.6 Å². The zero-order chi connectivity index (χ0) is 19.6. The molecule has 2 aromatic carbocycles. The molecule has 138 valence electrons. The first-order chi connectivity index (χ1) is 12.9. The third-order valence-electron chi connectivity index (χ3n) is 3.73. The summed E-state index contributed by atoms with van der Waals surface area (Å²) in [4.78, 5) is 17.3. The smallest absolute Gasteiger partial charge is 0.255 e. The normalized spacial score (nSPS) is 11.5. The third-order valence-corrected chi connectivity index (χ3v) is 4.65. The Morgan fingerprint density at radius 3 is 2.37 bits per heavy atom. The summed E-state index contributed by atoms with van der Waals surface area (Å²) in [6.45, 7) is 0. The lowest BCUT2D eigenvalue weighted by molar-refractivity contribution is 0.214. The van der Waals surface area contributed by atoms with Crippen molar-refractivity contribution in [2.24, 2.45) is 5.16 Å². The van der Waals surface area contributed by atoms with Crippen LogP contribution in [0.5, 0.6) is 0 Å². The topological polar surface area (TPSA) is 43.6 Å². The second-order valence-electron chi connectivity index (χ2n) is 5.44. The first-order valence-electron chi connectivity index (χ1n) is 7.66. The molecule has 0 saturated carbocycles. The van der Waals surface area contributed by atoms with Crippen LogP contribution in [0.1, 0.15) is 11.1 Å². The van der Waals surface area contributed by atoms with Gasteiger partial charge in [-0.3, -0.25) is 9.36 Å². The monoisotopic (exact) mass is 424 g/mol. The Balaban J connectivity index is 2.22. The molecule has 1 heterocycles. The Bertz CT molecular complexity index is 1080. The Kier molecular flexibility index (Phi) is 5.85. The molecule has 0 unspecified atom stereocenters. The molecule has 0 N–H and O–H groups in total. The molecule has 0 aliphatic heterocycles. The van der Waals surface area contributed by atoms with E-state index in [1.54, 1.807) is 24.3 Å². The number of aromatic nitrogens is 1. The van der Waals surface area contributed by atoms with Crippen LogP contribution in [0.2, 0.25) is 15.1 Å². The van der Waals surface area contributed by atoms with Crippen LogP contribution in [-0.4, -0.2) is 17.4 Å². The number of pyridine rings is 1. The molecule has 8 heteroatoms. The number of para-hydroxylation sites is 1. The lowest BCUT2D eigenvalue weighted by Crippen LogP contribution is -2.20. The Labute approximate surface area is 169 Å². The van der Waals surface area contributed by atoms with Crippen molar-refractivity contribution in [3.63, 3.8) is 0 Å². The van der Waals surface area contributed by atoms with Gasteiger partial charge in [-0.2, -0.15) is 0 Å². The maximum Gasteiger partial charge on any atom is 0.255 e. The molecule has 0 radical (unpaired) electrons. The van der Waals surface area contributed by atoms with Crippen molar-refractivity contribution < 1.29 is 9.23 Å². The highest BCUT2D eigenvalue weighted by molar-refractivity contribution is 6.38. The fraction of sp³-hybridized carbons (Fsp3) is 0.0526. The minimum Gasteiger partial charge on any atom is -0.399 e. The van der Waals surface area contributed by atoms with Crippen molar-refractivity contribution in [3.05, 3.63) is 97.1 Å². The van der Waals surface area contributed by atoms with E-state index < -0.39 is 5.82 Å². The van der Waals surface area contributed by atoms with E-state index in [2.05, 4.69) is 5.16 Å². The number of oxime groups is 1. The van der Waals surface area contributed by atoms with Gasteiger partial charge >= 0.3 is 0 Å². The zero-order valence-electron chi connectivity index (χ0n) is 13.9. The van der Waals surface area contributed by atoms with Crippen molar-refractivity contribution in [1.29, 1.82) is 0 Å². The number of hydrogen-bond donors (Lipinski definition) is 0. The number of rotatable bonds is 4. The molecule has 0 atom stereocenters. The van der Waals surface area contributed by atoms with Crippen molar-refractivity contribution in [3.8, 4) is 5.69 Å². The van der Waals surface area contributed by atoms with Gasteiger partial charge < -0.3 is 4.84 Å². The Morgan fingerprint density at radius 2 is 1.74 bits per heavy atom. The van der Waals surface area contributed by atoms with Crippen LogP contribution in [0, 0.1) is 5.82 Å². The lowest BCUT2D eigenvalue weighted by Gasteiger charge is -2.13. The molecule has 0 bridgehead atoms. The first kappa shape index (κ1) is 19.4. The van der Waals surface area contributed by atoms with Gasteiger partial charge in [-0.1, -0.05) is 46.0 Å². The molecule has 4 nitrogen and oxygen atoms in total. The van der Waals surface area contributed by atoms with Gasteiger partial charge in [-0.05, 0) is 36.4 Å². The standard InChI is InChI=1S/C19H12Cl3FN2O2/c1-27-24-18(13-7-6-12(23)9-16(13)22)11-5-8-17(26)25(10-11)19-14(20)3-2-4-15(19)21/h2-10H,1H3/b24-18+. The van der Waals surface area contributed by atoms with Crippen molar-refractivity contribution >= 4 is 40.5 Å². The van der Waals surface area contributed by atoms with Gasteiger partial charge in [0, 0.05) is 23.4 Å². The highest BCUT2D eigenvalue weighted by atomic mass is 35.5. The van der Waals surface area contributed by atoms with Crippen LogP contribution < -0.4 is 5.56 Å². The summed E-state index contributed by atoms with van der Waals surface area (Å²) in [6, 6.07) is 11.7. The number of halogens is 4. The van der Waals surface area contributed by atoms with E-state index in [1.165, 1.54) is 42.1 Å². The predicted molar refractivity (Wildman–Crippen MR) is 106 cm³/mol. The van der Waals surface area contributed by atoms with Crippen molar-refractivity contribution in [1.82, 2.24) is 4.57 Å². The van der Waals surface area contributed by atoms with Crippen molar-refractivity contribution in [2.75, 3.05) is 7.11 Å². The van der Waals surface area contributed by atoms with E-state index in [4.69, 9.17) is 39.6 Å². The third kappa shape index (κ3) is 4.00. The zero-order valence-corrected chi connectivity index (χ0v) is 16.2. The van der Waals surface area contributed by atoms with Crippen LogP contribution in [0.15, 0.2) is 64.7 Å². The fourth-order valence-corrected chi connectivity index (χ4v) is 3.39. The summed E-state index contributed by atoms with van der Waals surface area (Å²) in [5, 5.41) is 4.77. The minimum absolute atomic E-state index is 0.152. The van der Waals surface area contributed by atoms with E-state index in [-0.39, 0.29) is 10.6 Å². The van der Waals surface area contributed by atoms with E-state index in [9.17, 15) is 9.18 Å². The van der Waals surface area contributed by atoms with Gasteiger partial charge in [0.05, 0.1) is 20.8 Å². The van der Waals surface area contributed by atoms with Crippen LogP contribution in [0.3, 0.4) is 0 Å². The van der Waals surface area contributed by atoms with Gasteiger partial charge in [-0.25, -0.2) is 4.39 Å². The van der Waals surface area contributed by atoms with Gasteiger partial charge in [0.15, 0.2) is 0 Å². The van der Waals surface area contributed by atoms with Crippen LogP contribution in [-0.2, 0) is 4.84 Å². The molecule has 0 fully saturated rings. The predicted octanol–water partition coefficient (Wildman–Crippen LogP) is 5.34. The maximum absolute atomic E-state index is 13.4. The molecule has 27 heavy (non-hydrogen) atoms. The van der Waals surface area contributed by atoms with E-state index >= 15 is 0 Å². The first-order valence-corrected chi connectivity index (χ1v) is 8.80. The van der Waals surface area contributed by atoms with Crippen LogP contribution >= 0.6 is 34.8 Å². The summed E-state index contributed by atoms with van der Waals surface area (Å²) in [7, 11) is 1.37. The van der Waals surface area contributed by atoms with Crippen LogP contribution in [0.4, 0.5) is 4.39 Å². The molecule has 0 amide bonds. The molecular weight excluding hydrogens is 414 g/mol. The molecule has 0 aliphatic rings. The van der Waals surface area contributed by atoms with E-state index in [0.717, 1.165) is 0 Å². The second kappa shape index (κ2) is 8.13. The van der Waals surface area contributed by atoms with Gasteiger partial charge in [0.25, 0.3) is 5.56 Å². The summed E-state index contributed by atoms with van der Waals surface area (Å²) < 4.78 is 14.7. The molecular formula is C19H12Cl3FN2O2. The molecule has 3 rings (SSSR count). The molecule has 1 aromatic heterocycles. The second-order valence-corrected chi connectivity index (χ2v) is 6.66. The molecule has 0 aliphatic carbocycles. The number of benzene rings is 2. The quantitative estimate of drug-likeness (QED) is 0.418. The summed E-state index contributed by atoms with van der Waals surface area (Å²) in [6.07, 6.45) is 1.52. The maximum atomic E-state index is 13.4. The van der Waals surface area contributed by atoms with Gasteiger partial charge in [-0.15, -0.1) is 0 Å². The van der Waals surface area contributed by atoms with Gasteiger partial charge in [0.2, 0.25) is 0 Å². The molecule has 3 aromatic rings. The summed E-state index contributed by atoms with van der Waals surface area (Å²) >= 11 is 18.6. The largest absolute Gasteiger partial charge is 0.399 e. The molecule has 0 spiro atoms. The molecule has 0 saturated heterocycles. The lowest BCUT2D eigenvalue weighted by atomic mass is 10.0. The number of hydrogen-bond acceptors (Lipinski definition) is 3. The minimum atomic E-state index is -0.478. The average Bonchev–Trinajstić information content (AvgIpc) is 2.62. The van der Waals surface area contributed by atoms with E-state index in [1.807, 2.05) is 0 Å². The fourth-order valence-electron chi connectivity index (χ4n) is 2.55. The Hall–Kier alpha value is -2.34. The highest BCUT2D eigenvalue weighted by Gasteiger charge is 2.16. The summed E-state index contributed by atoms with van der Waals surface area (Å²) in [5.74, 6) is -0.478. The summed E-state index contributed by atoms with van der Waals surface area (Å²) in [5.41, 5.74) is 1.26. The van der Waals surface area contributed by atoms with E-state index in [0.29, 0.717) is 32.6 Å².